The highest BCUT2D eigenvalue weighted by Gasteiger charge is 2.27. The number of benzene rings is 3. The van der Waals surface area contributed by atoms with Crippen molar-refractivity contribution in [1.82, 2.24) is 0 Å². The molecule has 0 spiro atoms. The molecule has 7 rings (SSSR count). The third kappa shape index (κ3) is 2.67. The fraction of sp³-hybridized carbons (Fsp3) is 0.241. The van der Waals surface area contributed by atoms with Crippen molar-refractivity contribution in [3.8, 4) is 5.75 Å². The minimum atomic E-state index is -0.391. The summed E-state index contributed by atoms with van der Waals surface area (Å²) in [7, 11) is 0. The maximum absolute atomic E-state index is 13.7. The van der Waals surface area contributed by atoms with Crippen molar-refractivity contribution < 1.29 is 13.9 Å². The highest BCUT2D eigenvalue weighted by Crippen LogP contribution is 2.42. The van der Waals surface area contributed by atoms with E-state index in [2.05, 4.69) is 11.0 Å². The van der Waals surface area contributed by atoms with Gasteiger partial charge in [-0.15, -0.1) is 0 Å². The highest BCUT2D eigenvalue weighted by atomic mass is 16.5. The number of aryl methyl sites for hydroxylation is 2. The molecule has 0 aromatic heterocycles. The second-order valence-corrected chi connectivity index (χ2v) is 9.41. The van der Waals surface area contributed by atoms with Gasteiger partial charge in [-0.2, -0.15) is 0 Å². The van der Waals surface area contributed by atoms with Crippen molar-refractivity contribution in [2.45, 2.75) is 32.6 Å². The molecular formula is C29H23NO4. The summed E-state index contributed by atoms with van der Waals surface area (Å²) < 4.78 is 12.0. The van der Waals surface area contributed by atoms with E-state index in [0.717, 1.165) is 71.1 Å². The van der Waals surface area contributed by atoms with Crippen molar-refractivity contribution in [3.05, 3.63) is 80.3 Å². The van der Waals surface area contributed by atoms with E-state index in [1.807, 2.05) is 30.3 Å². The van der Waals surface area contributed by atoms with Crippen LogP contribution in [0.1, 0.15) is 30.9 Å². The van der Waals surface area contributed by atoms with Crippen LogP contribution in [0.25, 0.3) is 32.7 Å². The Bertz CT molecular complexity index is 1800. The van der Waals surface area contributed by atoms with E-state index in [0.29, 0.717) is 16.6 Å². The number of hydrogen-bond acceptors (Lipinski definition) is 5. The van der Waals surface area contributed by atoms with Crippen molar-refractivity contribution in [3.63, 3.8) is 0 Å². The summed E-state index contributed by atoms with van der Waals surface area (Å²) in [5.74, 6) is 0.0195. The second-order valence-electron chi connectivity index (χ2n) is 9.41. The summed E-state index contributed by atoms with van der Waals surface area (Å²) in [5.41, 5.74) is 5.29. The predicted octanol–water partition coefficient (Wildman–Crippen LogP) is 5.45. The lowest BCUT2D eigenvalue weighted by molar-refractivity contribution is -0.131. The minimum Gasteiger partial charge on any atom is -0.456 e. The fourth-order valence-electron chi connectivity index (χ4n) is 6.09. The zero-order valence-electron chi connectivity index (χ0n) is 18.9. The molecule has 168 valence electrons. The first kappa shape index (κ1) is 19.6. The van der Waals surface area contributed by atoms with Crippen molar-refractivity contribution in [2.24, 2.45) is 0 Å². The van der Waals surface area contributed by atoms with Crippen LogP contribution >= 0.6 is 0 Å². The summed E-state index contributed by atoms with van der Waals surface area (Å²) in [6.45, 7) is 3.52. The zero-order chi connectivity index (χ0) is 23.0. The largest absolute Gasteiger partial charge is 0.456 e. The van der Waals surface area contributed by atoms with Crippen molar-refractivity contribution in [2.75, 3.05) is 18.0 Å². The molecule has 34 heavy (non-hydrogen) atoms. The molecular weight excluding hydrogens is 426 g/mol. The maximum atomic E-state index is 13.7. The van der Waals surface area contributed by atoms with Crippen molar-refractivity contribution >= 4 is 44.4 Å². The molecule has 0 amide bonds. The number of hydrogen-bond donors (Lipinski definition) is 0. The van der Waals surface area contributed by atoms with Crippen LogP contribution in [0.15, 0.2) is 57.7 Å². The van der Waals surface area contributed by atoms with Crippen LogP contribution in [0.5, 0.6) is 5.75 Å². The fourth-order valence-corrected chi connectivity index (χ4v) is 6.09. The average Bonchev–Trinajstić information content (AvgIpc) is 3.04. The second kappa shape index (κ2) is 7.07. The van der Waals surface area contributed by atoms with E-state index in [9.17, 15) is 9.59 Å². The van der Waals surface area contributed by atoms with Crippen LogP contribution in [-0.2, 0) is 17.6 Å². The van der Waals surface area contributed by atoms with Crippen LogP contribution in [0.4, 0.5) is 5.69 Å². The van der Waals surface area contributed by atoms with E-state index in [1.165, 1.54) is 23.7 Å². The normalized spacial score (nSPS) is 15.3. The van der Waals surface area contributed by atoms with Gasteiger partial charge in [0.2, 0.25) is 0 Å². The molecule has 5 heteroatoms. The van der Waals surface area contributed by atoms with Gasteiger partial charge >= 0.3 is 5.97 Å². The van der Waals surface area contributed by atoms with Gasteiger partial charge in [0.25, 0.3) is 0 Å². The highest BCUT2D eigenvalue weighted by molar-refractivity contribution is 5.99. The molecule has 0 N–H and O–H groups in total. The van der Waals surface area contributed by atoms with Crippen LogP contribution in [0.3, 0.4) is 0 Å². The Hall–Kier alpha value is -3.86. The van der Waals surface area contributed by atoms with Gasteiger partial charge in [-0.3, -0.25) is 9.59 Å². The van der Waals surface area contributed by atoms with Crippen LogP contribution in [0, 0.1) is 10.4 Å². The molecule has 0 atom stereocenters. The van der Waals surface area contributed by atoms with Gasteiger partial charge in [0, 0.05) is 63.9 Å². The maximum Gasteiger partial charge on any atom is 0.308 e. The van der Waals surface area contributed by atoms with Gasteiger partial charge < -0.3 is 14.1 Å². The van der Waals surface area contributed by atoms with Crippen molar-refractivity contribution in [1.29, 1.82) is 0 Å². The van der Waals surface area contributed by atoms with Gasteiger partial charge in [0.1, 0.15) is 16.9 Å². The van der Waals surface area contributed by atoms with E-state index in [-0.39, 0.29) is 5.43 Å². The van der Waals surface area contributed by atoms with Gasteiger partial charge in [-0.05, 0) is 54.8 Å². The molecule has 1 aliphatic carbocycles. The number of anilines is 1. The molecule has 3 heterocycles. The van der Waals surface area contributed by atoms with Gasteiger partial charge in [-0.25, -0.2) is 0 Å². The average molecular weight is 450 g/mol. The summed E-state index contributed by atoms with van der Waals surface area (Å²) in [6.07, 6.45) is 4.19. The number of rotatable bonds is 1. The lowest BCUT2D eigenvalue weighted by atomic mass is 9.89. The molecule has 4 aliphatic rings. The van der Waals surface area contributed by atoms with Gasteiger partial charge in [-0.1, -0.05) is 24.3 Å². The molecule has 3 aromatic rings. The Labute approximate surface area is 195 Å². The predicted molar refractivity (Wildman–Crippen MR) is 133 cm³/mol. The third-order valence-electron chi connectivity index (χ3n) is 7.36. The van der Waals surface area contributed by atoms with E-state index in [4.69, 9.17) is 9.15 Å². The van der Waals surface area contributed by atoms with E-state index in [1.54, 1.807) is 12.1 Å². The molecule has 0 saturated heterocycles. The molecule has 3 aromatic carbocycles. The standard InChI is InChI=1S/C29H23NO4/c1-16(31)33-18-10-11-21-24(15-18)34-29-22-9-5-13-30-12-4-6-17(27(22)30)14-23(29)25-19-7-2-3-8-20(19)28(32)26(21)25/h2-3,7-8,10-11,14-15H,4-6,9,12-13H2,1H3. The van der Waals surface area contributed by atoms with Gasteiger partial charge in [0.05, 0.1) is 0 Å². The Morgan fingerprint density at radius 1 is 0.912 bits per heavy atom. The lowest BCUT2D eigenvalue weighted by Crippen LogP contribution is -2.34. The quantitative estimate of drug-likeness (QED) is 0.252. The monoisotopic (exact) mass is 449 g/mol. The molecule has 5 nitrogen and oxygen atoms in total. The van der Waals surface area contributed by atoms with Crippen LogP contribution in [-0.4, -0.2) is 19.1 Å². The van der Waals surface area contributed by atoms with E-state index >= 15 is 0 Å². The number of fused-ring (bicyclic) bond motifs is 7. The Morgan fingerprint density at radius 2 is 1.71 bits per heavy atom. The summed E-state index contributed by atoms with van der Waals surface area (Å²) >= 11 is 0. The summed E-state index contributed by atoms with van der Waals surface area (Å²) in [5, 5.41) is 5.04. The molecule has 0 fully saturated rings. The number of carbonyl (C=O) groups is 1. The number of esters is 1. The molecule has 0 bridgehead atoms. The minimum absolute atomic E-state index is 0.0107. The van der Waals surface area contributed by atoms with Crippen LogP contribution < -0.4 is 15.1 Å². The summed E-state index contributed by atoms with van der Waals surface area (Å²) in [6, 6.07) is 15.4. The molecule has 0 unspecified atom stereocenters. The van der Waals surface area contributed by atoms with E-state index < -0.39 is 5.97 Å². The number of nitrogens with zero attached hydrogens (tertiary/aromatic N) is 1. The Morgan fingerprint density at radius 3 is 2.53 bits per heavy atom. The molecule has 0 radical (unpaired) electrons. The Balaban J connectivity index is 1.78. The Kier molecular flexibility index (Phi) is 4.07. The first-order valence-electron chi connectivity index (χ1n) is 11.9. The summed E-state index contributed by atoms with van der Waals surface area (Å²) in [4.78, 5) is 27.8. The molecule has 0 saturated carbocycles. The number of carbonyl (C=O) groups excluding carboxylic acids is 1. The van der Waals surface area contributed by atoms with Gasteiger partial charge in [0.15, 0.2) is 5.43 Å². The smallest absolute Gasteiger partial charge is 0.308 e. The zero-order valence-corrected chi connectivity index (χ0v) is 18.9. The topological polar surface area (TPSA) is 59.8 Å². The molecule has 3 aliphatic heterocycles. The number of ether oxygens (including phenoxy) is 1. The first-order chi connectivity index (χ1) is 16.6. The first-order valence-corrected chi connectivity index (χ1v) is 11.9. The SMILES string of the molecule is CC(=O)Oc1ccc2c3c(=O)c4ccccc4c=3c3cc4c5c(c3oc2c1)CCCN5CCC4. The van der Waals surface area contributed by atoms with Crippen LogP contribution in [0.2, 0.25) is 0 Å². The lowest BCUT2D eigenvalue weighted by Gasteiger charge is -2.37. The third-order valence-corrected chi connectivity index (χ3v) is 7.36.